The summed E-state index contributed by atoms with van der Waals surface area (Å²) in [4.78, 5) is 18.9. The molecule has 3 N–H and O–H groups in total. The number of nitrogens with zero attached hydrogens (tertiary/aromatic N) is 2. The second-order valence-corrected chi connectivity index (χ2v) is 8.89. The van der Waals surface area contributed by atoms with Crippen LogP contribution in [-0.2, 0) is 12.0 Å². The Bertz CT molecular complexity index is 895. The van der Waals surface area contributed by atoms with Gasteiger partial charge in [0.25, 0.3) is 5.91 Å². The van der Waals surface area contributed by atoms with Crippen LogP contribution in [0, 0.1) is 0 Å². The first kappa shape index (κ1) is 27.1. The number of carbonyl (C=O) groups is 1. The van der Waals surface area contributed by atoms with E-state index in [1.165, 1.54) is 31.2 Å². The van der Waals surface area contributed by atoms with Crippen LogP contribution in [-0.4, -0.2) is 57.5 Å². The monoisotopic (exact) mass is 563 g/mol. The lowest BCUT2D eigenvalue weighted by molar-refractivity contribution is 0.0951. The molecule has 0 aliphatic heterocycles. The van der Waals surface area contributed by atoms with Gasteiger partial charge in [0.15, 0.2) is 5.96 Å². The molecule has 0 heterocycles. The van der Waals surface area contributed by atoms with Crippen LogP contribution in [0.2, 0.25) is 0 Å². The molecule has 33 heavy (non-hydrogen) atoms. The lowest BCUT2D eigenvalue weighted by Crippen LogP contribution is -2.44. The Balaban J connectivity index is 0.00000385. The van der Waals surface area contributed by atoms with E-state index in [4.69, 9.17) is 0 Å². The Labute approximate surface area is 215 Å². The molecule has 2 aromatic rings. The van der Waals surface area contributed by atoms with Gasteiger partial charge in [-0.25, -0.2) is 0 Å². The minimum Gasteiger partial charge on any atom is -0.356 e. The molecule has 3 rings (SSSR count). The highest BCUT2D eigenvalue weighted by Gasteiger charge is 2.35. The van der Waals surface area contributed by atoms with Gasteiger partial charge in [-0.3, -0.25) is 9.79 Å². The zero-order valence-electron chi connectivity index (χ0n) is 20.1. The number of carbonyl (C=O) groups excluding carboxylic acids is 1. The van der Waals surface area contributed by atoms with Crippen LogP contribution in [0.5, 0.6) is 0 Å². The van der Waals surface area contributed by atoms with Gasteiger partial charge in [-0.1, -0.05) is 55.3 Å². The highest BCUT2D eigenvalue weighted by Crippen LogP contribution is 2.40. The zero-order chi connectivity index (χ0) is 22.8. The minimum atomic E-state index is -0.0396. The summed E-state index contributed by atoms with van der Waals surface area (Å²) in [6.45, 7) is 2.93. The first-order chi connectivity index (χ1) is 15.5. The van der Waals surface area contributed by atoms with Gasteiger partial charge < -0.3 is 20.9 Å². The lowest BCUT2D eigenvalue weighted by atomic mass is 9.79. The van der Waals surface area contributed by atoms with E-state index in [1.54, 1.807) is 7.05 Å². The maximum Gasteiger partial charge on any atom is 0.251 e. The van der Waals surface area contributed by atoms with Crippen LogP contribution in [0.25, 0.3) is 0 Å². The van der Waals surface area contributed by atoms with Crippen molar-refractivity contribution in [2.24, 2.45) is 4.99 Å². The van der Waals surface area contributed by atoms with E-state index in [0.717, 1.165) is 24.6 Å². The van der Waals surface area contributed by atoms with Gasteiger partial charge in [-0.05, 0) is 50.2 Å². The third-order valence-corrected chi connectivity index (χ3v) is 6.26. The van der Waals surface area contributed by atoms with Crippen molar-refractivity contribution in [1.29, 1.82) is 0 Å². The van der Waals surface area contributed by atoms with Crippen LogP contribution < -0.4 is 16.0 Å². The van der Waals surface area contributed by atoms with Gasteiger partial charge >= 0.3 is 0 Å². The zero-order valence-corrected chi connectivity index (χ0v) is 22.4. The Morgan fingerprint density at radius 3 is 2.39 bits per heavy atom. The standard InChI is InChI=1S/C26H37N5O.HI/c1-27-25(30-20-26(14-7-8-15-26)23-12-5-4-6-13-23)29-19-21-10-9-11-22(18-21)24(32)28-16-17-31(2)3;/h4-6,9-13,18H,7-8,14-17,19-20H2,1-3H3,(H,28,32)(H2,27,29,30);1H. The average molecular weight is 564 g/mol. The van der Waals surface area contributed by atoms with Gasteiger partial charge in [0.1, 0.15) is 0 Å². The Morgan fingerprint density at radius 1 is 1.00 bits per heavy atom. The second kappa shape index (κ2) is 13.5. The molecule has 0 spiro atoms. The molecule has 0 aromatic heterocycles. The Hall–Kier alpha value is -2.13. The molecular formula is C26H38IN5O. The topological polar surface area (TPSA) is 68.8 Å². The summed E-state index contributed by atoms with van der Waals surface area (Å²) >= 11 is 0. The van der Waals surface area contributed by atoms with E-state index in [2.05, 4.69) is 51.3 Å². The molecule has 2 aromatic carbocycles. The van der Waals surface area contributed by atoms with E-state index in [-0.39, 0.29) is 35.3 Å². The predicted octanol–water partition coefficient (Wildman–Crippen LogP) is 3.77. The van der Waals surface area contributed by atoms with Crippen molar-refractivity contribution in [3.63, 3.8) is 0 Å². The molecule has 1 saturated carbocycles. The summed E-state index contributed by atoms with van der Waals surface area (Å²) in [7, 11) is 5.79. The molecule has 1 fully saturated rings. The number of likely N-dealkylation sites (N-methyl/N-ethyl adjacent to an activating group) is 1. The van der Waals surface area contributed by atoms with Gasteiger partial charge in [0.05, 0.1) is 0 Å². The maximum absolute atomic E-state index is 12.4. The molecule has 7 heteroatoms. The summed E-state index contributed by atoms with van der Waals surface area (Å²) in [5.74, 6) is 0.746. The smallest absolute Gasteiger partial charge is 0.251 e. The number of rotatable bonds is 9. The van der Waals surface area contributed by atoms with Crippen LogP contribution in [0.3, 0.4) is 0 Å². The van der Waals surface area contributed by atoms with Gasteiger partial charge in [-0.15, -0.1) is 24.0 Å². The number of guanidine groups is 1. The van der Waals surface area contributed by atoms with Crippen LogP contribution in [0.15, 0.2) is 59.6 Å². The highest BCUT2D eigenvalue weighted by molar-refractivity contribution is 14.0. The summed E-state index contributed by atoms with van der Waals surface area (Å²) in [6.07, 6.45) is 4.94. The van der Waals surface area contributed by atoms with Crippen LogP contribution >= 0.6 is 24.0 Å². The molecule has 0 atom stereocenters. The van der Waals surface area contributed by atoms with Gasteiger partial charge in [0.2, 0.25) is 0 Å². The maximum atomic E-state index is 12.4. The second-order valence-electron chi connectivity index (χ2n) is 8.89. The van der Waals surface area contributed by atoms with E-state index in [1.807, 2.05) is 43.3 Å². The largest absolute Gasteiger partial charge is 0.356 e. The minimum absolute atomic E-state index is 0. The van der Waals surface area contributed by atoms with Gasteiger partial charge in [0, 0.05) is 44.2 Å². The average Bonchev–Trinajstić information content (AvgIpc) is 3.30. The molecule has 0 bridgehead atoms. The van der Waals surface area contributed by atoms with Crippen molar-refractivity contribution in [2.45, 2.75) is 37.6 Å². The third-order valence-electron chi connectivity index (χ3n) is 6.26. The van der Waals surface area contributed by atoms with E-state index >= 15 is 0 Å². The van der Waals surface area contributed by atoms with Crippen molar-refractivity contribution >= 4 is 35.8 Å². The summed E-state index contributed by atoms with van der Waals surface area (Å²) in [5.41, 5.74) is 3.31. The fraction of sp³-hybridized carbons (Fsp3) is 0.462. The van der Waals surface area contributed by atoms with Crippen molar-refractivity contribution in [1.82, 2.24) is 20.9 Å². The van der Waals surface area contributed by atoms with Crippen LogP contribution in [0.4, 0.5) is 0 Å². The molecule has 0 radical (unpaired) electrons. The highest BCUT2D eigenvalue weighted by atomic mass is 127. The number of hydrogen-bond donors (Lipinski definition) is 3. The summed E-state index contributed by atoms with van der Waals surface area (Å²) < 4.78 is 0. The van der Waals surface area contributed by atoms with E-state index < -0.39 is 0 Å². The fourth-order valence-electron chi connectivity index (χ4n) is 4.39. The fourth-order valence-corrected chi connectivity index (χ4v) is 4.39. The number of hydrogen-bond acceptors (Lipinski definition) is 3. The number of nitrogens with one attached hydrogen (secondary N) is 3. The molecule has 0 unspecified atom stereocenters. The first-order valence-electron chi connectivity index (χ1n) is 11.5. The Morgan fingerprint density at radius 2 is 1.73 bits per heavy atom. The molecule has 1 amide bonds. The molecule has 180 valence electrons. The van der Waals surface area contributed by atoms with Crippen molar-refractivity contribution in [3.8, 4) is 0 Å². The molecule has 0 saturated heterocycles. The third kappa shape index (κ3) is 7.99. The normalized spacial score (nSPS) is 15.1. The van der Waals surface area contributed by atoms with Crippen molar-refractivity contribution < 1.29 is 4.79 Å². The molecule has 1 aliphatic rings. The first-order valence-corrected chi connectivity index (χ1v) is 11.5. The molecule has 1 aliphatic carbocycles. The molecule has 6 nitrogen and oxygen atoms in total. The van der Waals surface area contributed by atoms with E-state index in [0.29, 0.717) is 18.7 Å². The summed E-state index contributed by atoms with van der Waals surface area (Å²) in [5, 5.41) is 9.92. The predicted molar refractivity (Wildman–Crippen MR) is 148 cm³/mol. The number of benzene rings is 2. The summed E-state index contributed by atoms with van der Waals surface area (Å²) in [6, 6.07) is 18.6. The Kier molecular flexibility index (Phi) is 11.1. The van der Waals surface area contributed by atoms with Gasteiger partial charge in [-0.2, -0.15) is 0 Å². The number of aliphatic imine (C=N–C) groups is 1. The quantitative estimate of drug-likeness (QED) is 0.247. The SMILES string of the molecule is CN=C(NCc1cccc(C(=O)NCCN(C)C)c1)NCC1(c2ccccc2)CCCC1.I. The number of amides is 1. The molecular weight excluding hydrogens is 525 g/mol. The van der Waals surface area contributed by atoms with Crippen molar-refractivity contribution in [3.05, 3.63) is 71.3 Å². The lowest BCUT2D eigenvalue weighted by Gasteiger charge is -2.30. The number of halogens is 1. The van der Waals surface area contributed by atoms with Crippen LogP contribution in [0.1, 0.15) is 47.2 Å². The van der Waals surface area contributed by atoms with E-state index in [9.17, 15) is 4.79 Å². The van der Waals surface area contributed by atoms with Crippen molar-refractivity contribution in [2.75, 3.05) is 40.8 Å².